The molecule has 0 aromatic rings. The zero-order valence-corrected chi connectivity index (χ0v) is 9.91. The van der Waals surface area contributed by atoms with Crippen molar-refractivity contribution >= 4 is 0 Å². The molecule has 3 atom stereocenters. The molecular weight excluding hydrogens is 184 g/mol. The Morgan fingerprint density at radius 3 is 2.20 bits per heavy atom. The molecule has 3 aliphatic rings. The van der Waals surface area contributed by atoms with Crippen LogP contribution in [-0.4, -0.2) is 37.1 Å². The van der Waals surface area contributed by atoms with Gasteiger partial charge in [-0.1, -0.05) is 6.92 Å². The lowest BCUT2D eigenvalue weighted by Gasteiger charge is -2.35. The molecule has 2 aliphatic heterocycles. The SMILES string of the molecule is CC1CCN(C2C[C@H]3CNC[C@H]3C2)CC1. The number of nitrogens with zero attached hydrogens (tertiary/aromatic N) is 1. The van der Waals surface area contributed by atoms with Crippen LogP contribution in [0.3, 0.4) is 0 Å². The highest BCUT2D eigenvalue weighted by Crippen LogP contribution is 2.38. The predicted molar refractivity (Wildman–Crippen MR) is 62.8 cm³/mol. The first-order valence-electron chi connectivity index (χ1n) is 6.77. The van der Waals surface area contributed by atoms with Crippen LogP contribution in [0.2, 0.25) is 0 Å². The third-order valence-electron chi connectivity index (χ3n) is 4.96. The molecule has 0 radical (unpaired) electrons. The standard InChI is InChI=1S/C13H24N2/c1-10-2-4-15(5-3-10)13-6-11-8-14-9-12(11)7-13/h10-14H,2-9H2,1H3/t11-,12+,13?. The van der Waals surface area contributed by atoms with E-state index in [1.165, 1.54) is 51.9 Å². The van der Waals surface area contributed by atoms with Crippen LogP contribution >= 0.6 is 0 Å². The molecule has 1 aliphatic carbocycles. The van der Waals surface area contributed by atoms with Crippen molar-refractivity contribution in [3.05, 3.63) is 0 Å². The first-order valence-corrected chi connectivity index (χ1v) is 6.77. The summed E-state index contributed by atoms with van der Waals surface area (Å²) in [6.07, 6.45) is 5.83. The molecule has 3 rings (SSSR count). The van der Waals surface area contributed by atoms with E-state index in [9.17, 15) is 0 Å². The molecule has 3 fully saturated rings. The second kappa shape index (κ2) is 4.06. The van der Waals surface area contributed by atoms with Gasteiger partial charge in [0.1, 0.15) is 0 Å². The summed E-state index contributed by atoms with van der Waals surface area (Å²) in [5.74, 6) is 2.99. The number of fused-ring (bicyclic) bond motifs is 1. The molecule has 1 N–H and O–H groups in total. The van der Waals surface area contributed by atoms with Gasteiger partial charge in [0.2, 0.25) is 0 Å². The van der Waals surface area contributed by atoms with Gasteiger partial charge in [-0.15, -0.1) is 0 Å². The molecule has 0 aromatic heterocycles. The van der Waals surface area contributed by atoms with Crippen LogP contribution in [0.4, 0.5) is 0 Å². The van der Waals surface area contributed by atoms with Crippen LogP contribution in [0, 0.1) is 17.8 Å². The summed E-state index contributed by atoms with van der Waals surface area (Å²) in [5, 5.41) is 3.54. The highest BCUT2D eigenvalue weighted by molar-refractivity contribution is 4.95. The predicted octanol–water partition coefficient (Wildman–Crippen LogP) is 1.72. The van der Waals surface area contributed by atoms with Gasteiger partial charge in [-0.3, -0.25) is 0 Å². The van der Waals surface area contributed by atoms with Crippen LogP contribution in [-0.2, 0) is 0 Å². The van der Waals surface area contributed by atoms with Gasteiger partial charge >= 0.3 is 0 Å². The van der Waals surface area contributed by atoms with Crippen molar-refractivity contribution in [2.75, 3.05) is 26.2 Å². The van der Waals surface area contributed by atoms with Crippen molar-refractivity contribution in [3.63, 3.8) is 0 Å². The van der Waals surface area contributed by atoms with Crippen molar-refractivity contribution < 1.29 is 0 Å². The third-order valence-corrected chi connectivity index (χ3v) is 4.96. The molecule has 2 nitrogen and oxygen atoms in total. The normalized spacial score (nSPS) is 43.4. The Morgan fingerprint density at radius 2 is 1.60 bits per heavy atom. The van der Waals surface area contributed by atoms with Gasteiger partial charge < -0.3 is 10.2 Å². The molecule has 15 heavy (non-hydrogen) atoms. The van der Waals surface area contributed by atoms with Crippen LogP contribution < -0.4 is 5.32 Å². The zero-order valence-electron chi connectivity index (χ0n) is 9.91. The maximum atomic E-state index is 3.54. The third kappa shape index (κ3) is 1.94. The summed E-state index contributed by atoms with van der Waals surface area (Å²) >= 11 is 0. The van der Waals surface area contributed by atoms with Crippen LogP contribution in [0.25, 0.3) is 0 Å². The molecule has 86 valence electrons. The first kappa shape index (κ1) is 10.1. The summed E-state index contributed by atoms with van der Waals surface area (Å²) in [6, 6.07) is 0.939. The van der Waals surface area contributed by atoms with Crippen LogP contribution in [0.15, 0.2) is 0 Å². The van der Waals surface area contributed by atoms with Gasteiger partial charge in [-0.25, -0.2) is 0 Å². The smallest absolute Gasteiger partial charge is 0.0102 e. The molecule has 0 bridgehead atoms. The summed E-state index contributed by atoms with van der Waals surface area (Å²) in [7, 11) is 0. The Hall–Kier alpha value is -0.0800. The molecule has 2 heterocycles. The minimum atomic E-state index is 0.939. The minimum absolute atomic E-state index is 0.939. The first-order chi connectivity index (χ1) is 7.33. The van der Waals surface area contributed by atoms with Crippen molar-refractivity contribution in [2.45, 2.75) is 38.6 Å². The summed E-state index contributed by atoms with van der Waals surface area (Å²) < 4.78 is 0. The van der Waals surface area contributed by atoms with E-state index in [1.807, 2.05) is 0 Å². The Morgan fingerprint density at radius 1 is 1.00 bits per heavy atom. The lowest BCUT2D eigenvalue weighted by molar-refractivity contribution is 0.135. The van der Waals surface area contributed by atoms with E-state index in [0.29, 0.717) is 0 Å². The fraction of sp³-hybridized carbons (Fsp3) is 1.00. The largest absolute Gasteiger partial charge is 0.316 e. The molecule has 0 amide bonds. The lowest BCUT2D eigenvalue weighted by atomic mass is 9.97. The molecule has 2 saturated heterocycles. The Labute approximate surface area is 93.4 Å². The Bertz CT molecular complexity index is 209. The van der Waals surface area contributed by atoms with Crippen LogP contribution in [0.1, 0.15) is 32.6 Å². The quantitative estimate of drug-likeness (QED) is 0.706. The van der Waals surface area contributed by atoms with E-state index in [1.54, 1.807) is 0 Å². The van der Waals surface area contributed by atoms with E-state index in [2.05, 4.69) is 17.1 Å². The van der Waals surface area contributed by atoms with E-state index >= 15 is 0 Å². The van der Waals surface area contributed by atoms with Gasteiger partial charge in [0, 0.05) is 6.04 Å². The molecule has 1 saturated carbocycles. The number of hydrogen-bond donors (Lipinski definition) is 1. The van der Waals surface area contributed by atoms with Crippen LogP contribution in [0.5, 0.6) is 0 Å². The molecular formula is C13H24N2. The Balaban J connectivity index is 1.56. The van der Waals surface area contributed by atoms with E-state index in [4.69, 9.17) is 0 Å². The van der Waals surface area contributed by atoms with E-state index in [-0.39, 0.29) is 0 Å². The summed E-state index contributed by atoms with van der Waals surface area (Å²) in [5.41, 5.74) is 0. The molecule has 0 spiro atoms. The summed E-state index contributed by atoms with van der Waals surface area (Å²) in [6.45, 7) is 7.75. The second-order valence-corrected chi connectivity index (χ2v) is 6.02. The zero-order chi connectivity index (χ0) is 10.3. The maximum Gasteiger partial charge on any atom is 0.0102 e. The monoisotopic (exact) mass is 208 g/mol. The maximum absolute atomic E-state index is 3.54. The molecule has 2 heteroatoms. The van der Waals surface area contributed by atoms with Gasteiger partial charge in [-0.05, 0) is 69.6 Å². The highest BCUT2D eigenvalue weighted by atomic mass is 15.2. The van der Waals surface area contributed by atoms with Gasteiger partial charge in [-0.2, -0.15) is 0 Å². The van der Waals surface area contributed by atoms with Crippen molar-refractivity contribution in [1.29, 1.82) is 0 Å². The number of rotatable bonds is 1. The second-order valence-electron chi connectivity index (χ2n) is 6.02. The van der Waals surface area contributed by atoms with E-state index in [0.717, 1.165) is 23.8 Å². The van der Waals surface area contributed by atoms with Gasteiger partial charge in [0.25, 0.3) is 0 Å². The highest BCUT2D eigenvalue weighted by Gasteiger charge is 2.39. The lowest BCUT2D eigenvalue weighted by Crippen LogP contribution is -2.40. The number of piperidine rings is 1. The molecule has 1 unspecified atom stereocenters. The summed E-state index contributed by atoms with van der Waals surface area (Å²) in [4.78, 5) is 2.79. The van der Waals surface area contributed by atoms with Gasteiger partial charge in [0.15, 0.2) is 0 Å². The Kier molecular flexibility index (Phi) is 2.73. The van der Waals surface area contributed by atoms with E-state index < -0.39 is 0 Å². The van der Waals surface area contributed by atoms with Crippen molar-refractivity contribution in [1.82, 2.24) is 10.2 Å². The van der Waals surface area contributed by atoms with Crippen molar-refractivity contribution in [3.8, 4) is 0 Å². The topological polar surface area (TPSA) is 15.3 Å². The van der Waals surface area contributed by atoms with Crippen molar-refractivity contribution in [2.24, 2.45) is 17.8 Å². The number of nitrogens with one attached hydrogen (secondary N) is 1. The number of hydrogen-bond acceptors (Lipinski definition) is 2. The minimum Gasteiger partial charge on any atom is -0.316 e. The van der Waals surface area contributed by atoms with Gasteiger partial charge in [0.05, 0.1) is 0 Å². The number of likely N-dealkylation sites (tertiary alicyclic amines) is 1. The molecule has 0 aromatic carbocycles. The fourth-order valence-corrected chi connectivity index (χ4v) is 3.83. The average molecular weight is 208 g/mol. The average Bonchev–Trinajstić information content (AvgIpc) is 2.78. The fourth-order valence-electron chi connectivity index (χ4n) is 3.83.